The molecule has 1 aromatic rings. The second-order valence-corrected chi connectivity index (χ2v) is 4.21. The molecule has 1 aliphatic heterocycles. The predicted molar refractivity (Wildman–Crippen MR) is 66.4 cm³/mol. The summed E-state index contributed by atoms with van der Waals surface area (Å²) >= 11 is 0. The molecule has 0 radical (unpaired) electrons. The van der Waals surface area contributed by atoms with Crippen molar-refractivity contribution in [2.45, 2.75) is 6.92 Å². The minimum absolute atomic E-state index is 0.0426. The first kappa shape index (κ1) is 13.3. The molecular weight excluding hydrogens is 248 g/mol. The topological polar surface area (TPSA) is 75.6 Å². The third kappa shape index (κ3) is 3.64. The van der Waals surface area contributed by atoms with Crippen LogP contribution in [0, 0.1) is 0 Å². The van der Waals surface area contributed by atoms with Crippen LogP contribution in [-0.4, -0.2) is 64.4 Å². The minimum atomic E-state index is -0.115. The molecule has 0 unspecified atom stereocenters. The Labute approximate surface area is 111 Å². The maximum atomic E-state index is 11.9. The molecule has 1 aliphatic rings. The highest BCUT2D eigenvalue weighted by molar-refractivity contribution is 5.78. The van der Waals surface area contributed by atoms with E-state index < -0.39 is 0 Å². The van der Waals surface area contributed by atoms with E-state index >= 15 is 0 Å². The zero-order valence-corrected chi connectivity index (χ0v) is 10.8. The van der Waals surface area contributed by atoms with Crippen LogP contribution in [0.5, 0.6) is 6.01 Å². The monoisotopic (exact) mass is 264 g/mol. The van der Waals surface area contributed by atoms with E-state index in [4.69, 9.17) is 4.74 Å². The van der Waals surface area contributed by atoms with Gasteiger partial charge in [-0.1, -0.05) is 0 Å². The van der Waals surface area contributed by atoms with E-state index in [2.05, 4.69) is 9.97 Å². The van der Waals surface area contributed by atoms with Gasteiger partial charge in [-0.3, -0.25) is 9.59 Å². The zero-order valence-electron chi connectivity index (χ0n) is 10.8. The lowest BCUT2D eigenvalue weighted by Gasteiger charge is -2.34. The van der Waals surface area contributed by atoms with Gasteiger partial charge in [0.15, 0.2) is 6.61 Å². The largest absolute Gasteiger partial charge is 0.453 e. The molecule has 0 N–H and O–H groups in total. The third-order valence-corrected chi connectivity index (χ3v) is 2.94. The van der Waals surface area contributed by atoms with Crippen molar-refractivity contribution in [3.63, 3.8) is 0 Å². The summed E-state index contributed by atoms with van der Waals surface area (Å²) in [4.78, 5) is 34.2. The first-order chi connectivity index (χ1) is 9.16. The Morgan fingerprint density at radius 3 is 2.32 bits per heavy atom. The van der Waals surface area contributed by atoms with Gasteiger partial charge in [0.2, 0.25) is 5.91 Å². The number of nitrogens with zero attached hydrogens (tertiary/aromatic N) is 4. The second kappa shape index (κ2) is 6.12. The summed E-state index contributed by atoms with van der Waals surface area (Å²) < 4.78 is 5.20. The van der Waals surface area contributed by atoms with Gasteiger partial charge in [-0.2, -0.15) is 0 Å². The van der Waals surface area contributed by atoms with Gasteiger partial charge in [0.05, 0.1) is 0 Å². The summed E-state index contributed by atoms with van der Waals surface area (Å²) in [6.45, 7) is 3.68. The molecule has 19 heavy (non-hydrogen) atoms. The maximum Gasteiger partial charge on any atom is 0.316 e. The summed E-state index contributed by atoms with van der Waals surface area (Å²) in [5.41, 5.74) is 0. The summed E-state index contributed by atoms with van der Waals surface area (Å²) in [5, 5.41) is 0. The summed E-state index contributed by atoms with van der Waals surface area (Å²) in [7, 11) is 0. The lowest BCUT2D eigenvalue weighted by molar-refractivity contribution is -0.139. The maximum absolute atomic E-state index is 11.9. The van der Waals surface area contributed by atoms with Gasteiger partial charge in [-0.15, -0.1) is 0 Å². The normalized spacial score (nSPS) is 15.2. The average molecular weight is 264 g/mol. The number of aromatic nitrogens is 2. The molecule has 102 valence electrons. The molecule has 1 saturated heterocycles. The van der Waals surface area contributed by atoms with Crippen molar-refractivity contribution in [2.75, 3.05) is 32.8 Å². The van der Waals surface area contributed by atoms with E-state index in [0.717, 1.165) is 0 Å². The molecule has 0 atom stereocenters. The molecule has 2 amide bonds. The molecule has 7 nitrogen and oxygen atoms in total. The molecule has 2 heterocycles. The quantitative estimate of drug-likeness (QED) is 0.739. The van der Waals surface area contributed by atoms with Crippen molar-refractivity contribution in [3.8, 4) is 6.01 Å². The fraction of sp³-hybridized carbons (Fsp3) is 0.500. The van der Waals surface area contributed by atoms with Gasteiger partial charge in [0.1, 0.15) is 0 Å². The van der Waals surface area contributed by atoms with Crippen LogP contribution in [0.3, 0.4) is 0 Å². The van der Waals surface area contributed by atoms with E-state index in [1.54, 1.807) is 28.3 Å². The fourth-order valence-electron chi connectivity index (χ4n) is 1.85. The van der Waals surface area contributed by atoms with Crippen LogP contribution in [0.4, 0.5) is 0 Å². The highest BCUT2D eigenvalue weighted by atomic mass is 16.5. The number of carbonyl (C=O) groups excluding carboxylic acids is 2. The number of rotatable bonds is 3. The van der Waals surface area contributed by atoms with Crippen molar-refractivity contribution >= 4 is 11.8 Å². The third-order valence-electron chi connectivity index (χ3n) is 2.94. The Morgan fingerprint density at radius 1 is 1.16 bits per heavy atom. The Kier molecular flexibility index (Phi) is 4.27. The van der Waals surface area contributed by atoms with E-state index in [1.165, 1.54) is 6.92 Å². The zero-order chi connectivity index (χ0) is 13.7. The SMILES string of the molecule is CC(=O)N1CCN(C(=O)COc2ncccn2)CC1. The smallest absolute Gasteiger partial charge is 0.316 e. The lowest BCUT2D eigenvalue weighted by Crippen LogP contribution is -2.51. The van der Waals surface area contributed by atoms with Gasteiger partial charge >= 0.3 is 6.01 Å². The van der Waals surface area contributed by atoms with E-state index in [9.17, 15) is 9.59 Å². The van der Waals surface area contributed by atoms with Crippen LogP contribution in [-0.2, 0) is 9.59 Å². The van der Waals surface area contributed by atoms with Crippen LogP contribution >= 0.6 is 0 Å². The van der Waals surface area contributed by atoms with Crippen LogP contribution in [0.1, 0.15) is 6.92 Å². The minimum Gasteiger partial charge on any atom is -0.453 e. The lowest BCUT2D eigenvalue weighted by atomic mass is 10.3. The average Bonchev–Trinajstić information content (AvgIpc) is 2.46. The first-order valence-electron chi connectivity index (χ1n) is 6.10. The molecule has 0 saturated carbocycles. The Hall–Kier alpha value is -2.18. The number of ether oxygens (including phenoxy) is 1. The summed E-state index contributed by atoms with van der Waals surface area (Å²) in [6, 6.07) is 1.87. The molecular formula is C12H16N4O3. The predicted octanol–water partition coefficient (Wildman–Crippen LogP) is -0.454. The highest BCUT2D eigenvalue weighted by Crippen LogP contribution is 2.04. The second-order valence-electron chi connectivity index (χ2n) is 4.21. The molecule has 7 heteroatoms. The van der Waals surface area contributed by atoms with Crippen molar-refractivity contribution in [1.29, 1.82) is 0 Å². The van der Waals surface area contributed by atoms with Crippen molar-refractivity contribution < 1.29 is 14.3 Å². The number of hydrogen-bond donors (Lipinski definition) is 0. The van der Waals surface area contributed by atoms with E-state index in [-0.39, 0.29) is 24.4 Å². The molecule has 2 rings (SSSR count). The standard InChI is InChI=1S/C12H16N4O3/c1-10(17)15-5-7-16(8-6-15)11(18)9-19-12-13-3-2-4-14-12/h2-4H,5-9H2,1H3. The van der Waals surface area contributed by atoms with Crippen molar-refractivity contribution in [1.82, 2.24) is 19.8 Å². The number of amides is 2. The van der Waals surface area contributed by atoms with Gasteiger partial charge < -0.3 is 14.5 Å². The van der Waals surface area contributed by atoms with Crippen LogP contribution < -0.4 is 4.74 Å². The van der Waals surface area contributed by atoms with Crippen molar-refractivity contribution in [3.05, 3.63) is 18.5 Å². The molecule has 1 aromatic heterocycles. The molecule has 0 spiro atoms. The van der Waals surface area contributed by atoms with Gasteiger partial charge in [-0.25, -0.2) is 9.97 Å². The van der Waals surface area contributed by atoms with Gasteiger partial charge in [-0.05, 0) is 6.07 Å². The fourth-order valence-corrected chi connectivity index (χ4v) is 1.85. The Bertz CT molecular complexity index is 444. The Morgan fingerprint density at radius 2 is 1.74 bits per heavy atom. The van der Waals surface area contributed by atoms with Crippen molar-refractivity contribution in [2.24, 2.45) is 0 Å². The summed E-state index contributed by atoms with van der Waals surface area (Å²) in [6.07, 6.45) is 3.11. The van der Waals surface area contributed by atoms with Gasteiger partial charge in [0.25, 0.3) is 5.91 Å². The Balaban J connectivity index is 1.77. The first-order valence-corrected chi connectivity index (χ1v) is 6.10. The molecule has 0 aliphatic carbocycles. The van der Waals surface area contributed by atoms with Crippen LogP contribution in [0.25, 0.3) is 0 Å². The summed E-state index contributed by atoms with van der Waals surface area (Å²) in [5.74, 6) is -0.0725. The number of hydrogen-bond acceptors (Lipinski definition) is 5. The van der Waals surface area contributed by atoms with Crippen LogP contribution in [0.2, 0.25) is 0 Å². The molecule has 0 bridgehead atoms. The van der Waals surface area contributed by atoms with Crippen LogP contribution in [0.15, 0.2) is 18.5 Å². The highest BCUT2D eigenvalue weighted by Gasteiger charge is 2.22. The number of carbonyl (C=O) groups is 2. The van der Waals surface area contributed by atoms with Gasteiger partial charge in [0, 0.05) is 45.5 Å². The molecule has 0 aromatic carbocycles. The van der Waals surface area contributed by atoms with E-state index in [0.29, 0.717) is 26.2 Å². The molecule has 1 fully saturated rings. The number of piperazine rings is 1. The van der Waals surface area contributed by atoms with E-state index in [1.807, 2.05) is 0 Å².